The van der Waals surface area contributed by atoms with Crippen LogP contribution >= 0.6 is 0 Å². The van der Waals surface area contributed by atoms with Gasteiger partial charge in [0.15, 0.2) is 0 Å². The van der Waals surface area contributed by atoms with E-state index in [9.17, 15) is 4.79 Å². The van der Waals surface area contributed by atoms with Crippen molar-refractivity contribution < 1.29 is 9.53 Å². The summed E-state index contributed by atoms with van der Waals surface area (Å²) in [6.45, 7) is 2.88. The minimum atomic E-state index is -0.165. The van der Waals surface area contributed by atoms with Crippen molar-refractivity contribution in [3.8, 4) is 5.75 Å². The molecule has 24 heavy (non-hydrogen) atoms. The van der Waals surface area contributed by atoms with Gasteiger partial charge in [-0.2, -0.15) is 0 Å². The van der Waals surface area contributed by atoms with Crippen LogP contribution in [0.2, 0.25) is 0 Å². The maximum Gasteiger partial charge on any atom is 0.255 e. The SMILES string of the molecule is COc1ccccc1C(=O)NCCNc1cc(N(C)C)nc(C)n1. The summed E-state index contributed by atoms with van der Waals surface area (Å²) in [5.41, 5.74) is 0.521. The highest BCUT2D eigenvalue weighted by atomic mass is 16.5. The van der Waals surface area contributed by atoms with E-state index in [1.807, 2.05) is 44.1 Å². The zero-order valence-electron chi connectivity index (χ0n) is 14.5. The standard InChI is InChI=1S/C17H23N5O2/c1-12-20-15(11-16(21-12)22(2)3)18-9-10-19-17(23)13-7-5-6-8-14(13)24-4/h5-8,11H,9-10H2,1-4H3,(H,19,23)(H,18,20,21). The van der Waals surface area contributed by atoms with Crippen LogP contribution in [0.4, 0.5) is 11.6 Å². The third-order valence-corrected chi connectivity index (χ3v) is 3.35. The van der Waals surface area contributed by atoms with Crippen molar-refractivity contribution in [1.82, 2.24) is 15.3 Å². The molecule has 0 bridgehead atoms. The quantitative estimate of drug-likeness (QED) is 0.753. The molecule has 1 amide bonds. The molecule has 0 aliphatic heterocycles. The number of aryl methyl sites for hydroxylation is 1. The average Bonchev–Trinajstić information content (AvgIpc) is 2.58. The van der Waals surface area contributed by atoms with Crippen molar-refractivity contribution in [2.24, 2.45) is 0 Å². The van der Waals surface area contributed by atoms with Gasteiger partial charge in [0.1, 0.15) is 23.2 Å². The molecule has 1 aromatic heterocycles. The highest BCUT2D eigenvalue weighted by molar-refractivity contribution is 5.96. The van der Waals surface area contributed by atoms with Crippen LogP contribution in [0.5, 0.6) is 5.75 Å². The van der Waals surface area contributed by atoms with Gasteiger partial charge in [-0.15, -0.1) is 0 Å². The Morgan fingerprint density at radius 2 is 1.96 bits per heavy atom. The highest BCUT2D eigenvalue weighted by Gasteiger charge is 2.10. The van der Waals surface area contributed by atoms with Gasteiger partial charge in [-0.1, -0.05) is 12.1 Å². The first-order valence-electron chi connectivity index (χ1n) is 7.69. The van der Waals surface area contributed by atoms with Crippen LogP contribution in [-0.2, 0) is 0 Å². The van der Waals surface area contributed by atoms with Gasteiger partial charge < -0.3 is 20.3 Å². The summed E-state index contributed by atoms with van der Waals surface area (Å²) in [7, 11) is 5.41. The van der Waals surface area contributed by atoms with Crippen LogP contribution in [0, 0.1) is 6.92 Å². The Kier molecular flexibility index (Phi) is 5.95. The molecule has 0 unspecified atom stereocenters. The minimum absolute atomic E-state index is 0.165. The van der Waals surface area contributed by atoms with Gasteiger partial charge in [0.2, 0.25) is 0 Å². The summed E-state index contributed by atoms with van der Waals surface area (Å²) in [4.78, 5) is 22.8. The number of rotatable bonds is 7. The maximum absolute atomic E-state index is 12.2. The number of aromatic nitrogens is 2. The van der Waals surface area contributed by atoms with Crippen LogP contribution in [-0.4, -0.2) is 50.2 Å². The van der Waals surface area contributed by atoms with Gasteiger partial charge in [0, 0.05) is 33.3 Å². The number of amides is 1. The van der Waals surface area contributed by atoms with Gasteiger partial charge in [0.25, 0.3) is 5.91 Å². The number of hydrogen-bond acceptors (Lipinski definition) is 6. The fourth-order valence-corrected chi connectivity index (χ4v) is 2.17. The smallest absolute Gasteiger partial charge is 0.255 e. The van der Waals surface area contributed by atoms with E-state index in [2.05, 4.69) is 20.6 Å². The molecule has 0 spiro atoms. The minimum Gasteiger partial charge on any atom is -0.496 e. The summed E-state index contributed by atoms with van der Waals surface area (Å²) in [6.07, 6.45) is 0. The highest BCUT2D eigenvalue weighted by Crippen LogP contribution is 2.16. The van der Waals surface area contributed by atoms with E-state index in [4.69, 9.17) is 4.74 Å². The Balaban J connectivity index is 1.88. The lowest BCUT2D eigenvalue weighted by Crippen LogP contribution is -2.29. The second-order valence-electron chi connectivity index (χ2n) is 5.44. The van der Waals surface area contributed by atoms with Crippen molar-refractivity contribution in [3.63, 3.8) is 0 Å². The molecule has 0 radical (unpaired) electrons. The fourth-order valence-electron chi connectivity index (χ4n) is 2.17. The van der Waals surface area contributed by atoms with Crippen molar-refractivity contribution in [2.75, 3.05) is 44.5 Å². The molecule has 7 nitrogen and oxygen atoms in total. The van der Waals surface area contributed by atoms with Gasteiger partial charge in [-0.05, 0) is 19.1 Å². The van der Waals surface area contributed by atoms with E-state index in [0.29, 0.717) is 30.2 Å². The van der Waals surface area contributed by atoms with Crippen LogP contribution in [0.15, 0.2) is 30.3 Å². The predicted molar refractivity (Wildman–Crippen MR) is 94.9 cm³/mol. The Morgan fingerprint density at radius 3 is 2.67 bits per heavy atom. The zero-order chi connectivity index (χ0) is 17.5. The molecule has 1 aromatic carbocycles. The third-order valence-electron chi connectivity index (χ3n) is 3.35. The molecule has 128 valence electrons. The molecule has 2 rings (SSSR count). The third kappa shape index (κ3) is 4.58. The summed E-state index contributed by atoms with van der Waals surface area (Å²) >= 11 is 0. The molecular formula is C17H23N5O2. The van der Waals surface area contributed by atoms with Crippen molar-refractivity contribution in [1.29, 1.82) is 0 Å². The van der Waals surface area contributed by atoms with E-state index in [1.54, 1.807) is 19.2 Å². The number of para-hydroxylation sites is 1. The molecular weight excluding hydrogens is 306 g/mol. The maximum atomic E-state index is 12.2. The number of benzene rings is 1. The summed E-state index contributed by atoms with van der Waals surface area (Å²) in [5, 5.41) is 6.05. The first kappa shape index (κ1) is 17.5. The van der Waals surface area contributed by atoms with Crippen LogP contribution < -0.4 is 20.3 Å². The second-order valence-corrected chi connectivity index (χ2v) is 5.44. The van der Waals surface area contributed by atoms with E-state index in [1.165, 1.54) is 0 Å². The number of methoxy groups -OCH3 is 1. The molecule has 2 N–H and O–H groups in total. The Labute approximate surface area is 142 Å². The van der Waals surface area contributed by atoms with Crippen LogP contribution in [0.1, 0.15) is 16.2 Å². The van der Waals surface area contributed by atoms with Crippen molar-refractivity contribution in [2.45, 2.75) is 6.92 Å². The Hall–Kier alpha value is -2.83. The number of nitrogens with one attached hydrogen (secondary N) is 2. The molecule has 0 fully saturated rings. The summed E-state index contributed by atoms with van der Waals surface area (Å²) in [6, 6.07) is 9.01. The molecule has 0 saturated heterocycles. The number of carbonyl (C=O) groups is 1. The number of nitrogens with zero attached hydrogens (tertiary/aromatic N) is 3. The predicted octanol–water partition coefficient (Wildman–Crippen LogP) is 1.70. The van der Waals surface area contributed by atoms with Gasteiger partial charge in [0.05, 0.1) is 12.7 Å². The van der Waals surface area contributed by atoms with Crippen LogP contribution in [0.25, 0.3) is 0 Å². The number of carbonyl (C=O) groups excluding carboxylic acids is 1. The lowest BCUT2D eigenvalue weighted by Gasteiger charge is -2.14. The number of anilines is 2. The van der Waals surface area contributed by atoms with Crippen molar-refractivity contribution in [3.05, 3.63) is 41.7 Å². The van der Waals surface area contributed by atoms with Crippen molar-refractivity contribution >= 4 is 17.5 Å². The van der Waals surface area contributed by atoms with Gasteiger partial charge in [-0.3, -0.25) is 4.79 Å². The monoisotopic (exact) mass is 329 g/mol. The van der Waals surface area contributed by atoms with Gasteiger partial charge >= 0.3 is 0 Å². The Morgan fingerprint density at radius 1 is 1.21 bits per heavy atom. The summed E-state index contributed by atoms with van der Waals surface area (Å²) < 4.78 is 5.19. The first-order valence-corrected chi connectivity index (χ1v) is 7.69. The molecule has 2 aromatic rings. The molecule has 0 aliphatic rings. The lowest BCUT2D eigenvalue weighted by atomic mass is 10.2. The van der Waals surface area contributed by atoms with E-state index in [-0.39, 0.29) is 5.91 Å². The van der Waals surface area contributed by atoms with Crippen LogP contribution in [0.3, 0.4) is 0 Å². The number of ether oxygens (including phenoxy) is 1. The molecule has 7 heteroatoms. The molecule has 0 saturated carbocycles. The van der Waals surface area contributed by atoms with E-state index < -0.39 is 0 Å². The number of hydrogen-bond donors (Lipinski definition) is 2. The second kappa shape index (κ2) is 8.14. The fraction of sp³-hybridized carbons (Fsp3) is 0.353. The average molecular weight is 329 g/mol. The zero-order valence-corrected chi connectivity index (χ0v) is 14.5. The molecule has 0 aliphatic carbocycles. The topological polar surface area (TPSA) is 79.4 Å². The lowest BCUT2D eigenvalue weighted by molar-refractivity contribution is 0.0952. The van der Waals surface area contributed by atoms with Gasteiger partial charge in [-0.25, -0.2) is 9.97 Å². The Bertz CT molecular complexity index is 703. The van der Waals surface area contributed by atoms with E-state index in [0.717, 1.165) is 11.6 Å². The molecule has 1 heterocycles. The first-order chi connectivity index (χ1) is 11.5. The largest absolute Gasteiger partial charge is 0.496 e. The summed E-state index contributed by atoms with van der Waals surface area (Å²) in [5.74, 6) is 2.66. The molecule has 0 atom stereocenters. The van der Waals surface area contributed by atoms with E-state index >= 15 is 0 Å². The normalized spacial score (nSPS) is 10.2.